The first-order valence-electron chi connectivity index (χ1n) is 18.6. The molecule has 0 radical (unpaired) electrons. The number of aryl methyl sites for hydroxylation is 1. The number of hydrogen-bond donors (Lipinski definition) is 3. The van der Waals surface area contributed by atoms with E-state index in [1.807, 2.05) is 6.07 Å². The molecule has 7 rings (SSSR count). The van der Waals surface area contributed by atoms with E-state index in [0.717, 1.165) is 73.5 Å². The molecule has 3 aliphatic rings. The number of carbonyl (C=O) groups excluding carboxylic acids is 3. The second-order valence-corrected chi connectivity index (χ2v) is 15.1. The number of piperidine rings is 1. The van der Waals surface area contributed by atoms with E-state index < -0.39 is 5.60 Å². The van der Waals surface area contributed by atoms with Crippen molar-refractivity contribution < 1.29 is 19.5 Å². The van der Waals surface area contributed by atoms with Crippen LogP contribution < -0.4 is 16.2 Å². The number of likely N-dealkylation sites (N-methyl/N-ethyl adjacent to an activating group) is 1. The number of halogens is 1. The fraction of sp³-hybridized carbons (Fsp3) is 0.487. The Balaban J connectivity index is 0.876. The maximum absolute atomic E-state index is 13.4. The Morgan fingerprint density at radius 2 is 1.68 bits per heavy atom. The summed E-state index contributed by atoms with van der Waals surface area (Å²) in [4.78, 5) is 67.4. The molecule has 3 N–H and O–H groups in total. The second-order valence-electron chi connectivity index (χ2n) is 14.8. The molecule has 2 aliphatic heterocycles. The molecule has 2 aromatic carbocycles. The van der Waals surface area contributed by atoms with Crippen molar-refractivity contribution in [3.8, 4) is 0 Å². The van der Waals surface area contributed by atoms with Gasteiger partial charge in [-0.3, -0.25) is 28.7 Å². The van der Waals surface area contributed by atoms with Gasteiger partial charge in [0.1, 0.15) is 0 Å². The van der Waals surface area contributed by atoms with Crippen LogP contribution in [0.5, 0.6) is 0 Å². The highest BCUT2D eigenvalue weighted by Gasteiger charge is 2.34. The maximum atomic E-state index is 13.4. The Hall–Kier alpha value is -4.43. The number of pyridine rings is 1. The molecule has 4 aromatic rings. The van der Waals surface area contributed by atoms with Gasteiger partial charge in [-0.2, -0.15) is 0 Å². The third-order valence-electron chi connectivity index (χ3n) is 11.0. The predicted octanol–water partition coefficient (Wildman–Crippen LogP) is 3.23. The van der Waals surface area contributed by atoms with Crippen LogP contribution in [0.3, 0.4) is 0 Å². The minimum atomic E-state index is -1.19. The van der Waals surface area contributed by atoms with Crippen LogP contribution in [0.2, 0.25) is 5.02 Å². The van der Waals surface area contributed by atoms with Crippen LogP contribution in [0, 0.1) is 0 Å². The van der Waals surface area contributed by atoms with E-state index in [1.165, 1.54) is 10.9 Å². The van der Waals surface area contributed by atoms with Gasteiger partial charge in [0.2, 0.25) is 11.8 Å². The molecule has 0 bridgehead atoms. The summed E-state index contributed by atoms with van der Waals surface area (Å²) in [5, 5.41) is 19.1. The first-order chi connectivity index (χ1) is 25.5. The molecule has 0 saturated carbocycles. The quantitative estimate of drug-likeness (QED) is 0.222. The summed E-state index contributed by atoms with van der Waals surface area (Å²) in [5.41, 5.74) is 2.85. The molecule has 2 aromatic heterocycles. The lowest BCUT2D eigenvalue weighted by atomic mass is 9.91. The highest BCUT2D eigenvalue weighted by molar-refractivity contribution is 6.36. The number of carbonyl (C=O) groups is 3. The first-order valence-corrected chi connectivity index (χ1v) is 19.0. The number of nitrogens with one attached hydrogen (secondary N) is 2. The van der Waals surface area contributed by atoms with Crippen LogP contribution in [-0.2, 0) is 29.0 Å². The van der Waals surface area contributed by atoms with Crippen molar-refractivity contribution >= 4 is 56.8 Å². The molecule has 53 heavy (non-hydrogen) atoms. The highest BCUT2D eigenvalue weighted by Crippen LogP contribution is 2.33. The molecule has 280 valence electrons. The molecule has 4 heterocycles. The summed E-state index contributed by atoms with van der Waals surface area (Å²) in [6.07, 6.45) is 6.53. The lowest BCUT2D eigenvalue weighted by molar-refractivity contribution is -0.135. The third kappa shape index (κ3) is 8.54. The molecule has 1 aliphatic carbocycles. The highest BCUT2D eigenvalue weighted by atomic mass is 35.5. The number of nitrogens with zero attached hydrogens (tertiary/aromatic N) is 6. The predicted molar refractivity (Wildman–Crippen MR) is 204 cm³/mol. The van der Waals surface area contributed by atoms with Crippen molar-refractivity contribution in [1.82, 2.24) is 34.6 Å². The van der Waals surface area contributed by atoms with Gasteiger partial charge in [0, 0.05) is 87.5 Å². The molecule has 14 heteroatoms. The Kier molecular flexibility index (Phi) is 11.1. The normalized spacial score (nSPS) is 17.8. The second kappa shape index (κ2) is 15.9. The van der Waals surface area contributed by atoms with E-state index in [-0.39, 0.29) is 42.8 Å². The van der Waals surface area contributed by atoms with Gasteiger partial charge in [0.05, 0.1) is 39.9 Å². The summed E-state index contributed by atoms with van der Waals surface area (Å²) in [6, 6.07) is 10.4. The molecule has 3 amide bonds. The zero-order chi connectivity index (χ0) is 37.1. The number of amides is 3. The Morgan fingerprint density at radius 3 is 2.47 bits per heavy atom. The number of piperazine rings is 1. The zero-order valence-electron chi connectivity index (χ0n) is 30.2. The van der Waals surface area contributed by atoms with Gasteiger partial charge in [-0.15, -0.1) is 0 Å². The Morgan fingerprint density at radius 1 is 0.925 bits per heavy atom. The number of likely N-dealkylation sites (tertiary alicyclic amines) is 1. The number of anilines is 1. The summed E-state index contributed by atoms with van der Waals surface area (Å²) < 4.78 is 1.41. The Bertz CT molecular complexity index is 2090. The number of aliphatic hydroxyl groups is 1. The van der Waals surface area contributed by atoms with E-state index in [4.69, 9.17) is 16.6 Å². The topological polar surface area (TPSA) is 153 Å². The average Bonchev–Trinajstić information content (AvgIpc) is 3.16. The van der Waals surface area contributed by atoms with Gasteiger partial charge in [0.25, 0.3) is 11.5 Å². The van der Waals surface area contributed by atoms with Gasteiger partial charge < -0.3 is 30.4 Å². The number of hydrogen-bond acceptors (Lipinski definition) is 9. The van der Waals surface area contributed by atoms with Crippen LogP contribution in [0.4, 0.5) is 5.69 Å². The minimum Gasteiger partial charge on any atom is -0.388 e. The van der Waals surface area contributed by atoms with Crippen molar-refractivity contribution in [2.24, 2.45) is 0 Å². The van der Waals surface area contributed by atoms with Crippen LogP contribution in [0.15, 0.2) is 47.5 Å². The molecule has 0 atom stereocenters. The lowest BCUT2D eigenvalue weighted by Gasteiger charge is -2.38. The fourth-order valence-corrected chi connectivity index (χ4v) is 7.97. The molecule has 0 unspecified atom stereocenters. The van der Waals surface area contributed by atoms with E-state index in [9.17, 15) is 24.3 Å². The smallest absolute Gasteiger partial charge is 0.261 e. The van der Waals surface area contributed by atoms with E-state index in [0.29, 0.717) is 66.6 Å². The van der Waals surface area contributed by atoms with Gasteiger partial charge in [-0.05, 0) is 81.5 Å². The van der Waals surface area contributed by atoms with Gasteiger partial charge in [0.15, 0.2) is 0 Å². The standard InChI is InChI=1S/C39H47ClN8O5/c1-45-18-20-46(21-19-45)15-11-34(49)43-27-7-9-30-32(23-27)42-25-48(38(30)52)24-39(53)12-16-47(17-13-39)35(50)10-14-41-37(51)26-6-8-29-33(22-26)44-31-5-3-2-4-28(31)36(29)40/h6-9,22-23,25,53H,2-5,10-21,24H2,1H3,(H,41,51)(H,43,49). The number of benzene rings is 2. The number of fused-ring (bicyclic) bond motifs is 3. The van der Waals surface area contributed by atoms with Gasteiger partial charge in [-0.25, -0.2) is 4.98 Å². The van der Waals surface area contributed by atoms with E-state index in [2.05, 4.69) is 32.5 Å². The van der Waals surface area contributed by atoms with Crippen molar-refractivity contribution in [1.29, 1.82) is 0 Å². The van der Waals surface area contributed by atoms with Crippen molar-refractivity contribution in [2.75, 3.05) is 64.7 Å². The van der Waals surface area contributed by atoms with Crippen LogP contribution >= 0.6 is 11.6 Å². The first kappa shape index (κ1) is 36.9. The lowest BCUT2D eigenvalue weighted by Crippen LogP contribution is -2.50. The molecule has 13 nitrogen and oxygen atoms in total. The van der Waals surface area contributed by atoms with Crippen LogP contribution in [-0.4, -0.2) is 117 Å². The zero-order valence-corrected chi connectivity index (χ0v) is 31.0. The van der Waals surface area contributed by atoms with E-state index >= 15 is 0 Å². The average molecular weight is 743 g/mol. The molecule has 0 spiro atoms. The van der Waals surface area contributed by atoms with Gasteiger partial charge >= 0.3 is 0 Å². The number of aromatic nitrogens is 3. The molecule has 2 saturated heterocycles. The summed E-state index contributed by atoms with van der Waals surface area (Å²) >= 11 is 6.69. The molecule has 2 fully saturated rings. The summed E-state index contributed by atoms with van der Waals surface area (Å²) in [6.45, 7) is 5.49. The van der Waals surface area contributed by atoms with Crippen molar-refractivity contribution in [3.63, 3.8) is 0 Å². The SMILES string of the molecule is CN1CCN(CCC(=O)Nc2ccc3c(=O)n(CC4(O)CCN(C(=O)CCNC(=O)c5ccc6c(Cl)c7c(nc6c5)CCCC7)CC4)cnc3c2)CC1. The molecular formula is C39H47ClN8O5. The monoisotopic (exact) mass is 742 g/mol. The van der Waals surface area contributed by atoms with Gasteiger partial charge in [-0.1, -0.05) is 17.7 Å². The van der Waals surface area contributed by atoms with E-state index in [1.54, 1.807) is 35.2 Å². The number of rotatable bonds is 10. The maximum Gasteiger partial charge on any atom is 0.261 e. The minimum absolute atomic E-state index is 0.0479. The molecular weight excluding hydrogens is 696 g/mol. The fourth-order valence-electron chi connectivity index (χ4n) is 7.60. The largest absolute Gasteiger partial charge is 0.388 e. The van der Waals surface area contributed by atoms with Crippen LogP contribution in [0.1, 0.15) is 60.1 Å². The third-order valence-corrected chi connectivity index (χ3v) is 11.4. The van der Waals surface area contributed by atoms with Crippen LogP contribution in [0.25, 0.3) is 21.8 Å². The Labute approximate surface area is 313 Å². The van der Waals surface area contributed by atoms with Crippen molar-refractivity contribution in [3.05, 3.63) is 74.9 Å². The summed E-state index contributed by atoms with van der Waals surface area (Å²) in [5.74, 6) is -0.482. The summed E-state index contributed by atoms with van der Waals surface area (Å²) in [7, 11) is 2.10. The van der Waals surface area contributed by atoms with Crippen molar-refractivity contribution in [2.45, 2.75) is 63.5 Å².